The first-order valence-electron chi connectivity index (χ1n) is 8.29. The Hall–Kier alpha value is -1.22. The number of carbonyl (C=O) groups is 2. The Bertz CT molecular complexity index is 458. The van der Waals surface area contributed by atoms with Crippen molar-refractivity contribution in [3.05, 3.63) is 0 Å². The maximum atomic E-state index is 12.8. The van der Waals surface area contributed by atoms with Gasteiger partial charge >= 0.3 is 5.97 Å². The van der Waals surface area contributed by atoms with Crippen LogP contribution < -0.4 is 0 Å². The Morgan fingerprint density at radius 2 is 1.88 bits per heavy atom. The first kappa shape index (κ1) is 19.1. The lowest BCUT2D eigenvalue weighted by molar-refractivity contribution is -0.207. The number of aliphatic hydroxyl groups excluding tert-OH is 1. The van der Waals surface area contributed by atoms with Gasteiger partial charge in [-0.1, -0.05) is 0 Å². The maximum absolute atomic E-state index is 12.8. The Morgan fingerprint density at radius 3 is 2.50 bits per heavy atom. The summed E-state index contributed by atoms with van der Waals surface area (Å²) in [5.41, 5.74) is 0. The molecule has 2 saturated heterocycles. The molecule has 5 unspecified atom stereocenters. The monoisotopic (exact) mass is 344 g/mol. The quantitative estimate of drug-likeness (QED) is 0.476. The number of rotatable bonds is 8. The fraction of sp³-hybridized carbons (Fsp3) is 0.875. The lowest BCUT2D eigenvalue weighted by Crippen LogP contribution is -2.47. The van der Waals surface area contributed by atoms with Crippen LogP contribution in [0.1, 0.15) is 19.8 Å². The predicted octanol–water partition coefficient (Wildman–Crippen LogP) is -0.344. The van der Waals surface area contributed by atoms with E-state index in [4.69, 9.17) is 14.2 Å². The zero-order valence-electron chi connectivity index (χ0n) is 14.8. The van der Waals surface area contributed by atoms with Crippen LogP contribution >= 0.6 is 0 Å². The summed E-state index contributed by atoms with van der Waals surface area (Å²) in [7, 11) is 5.67. The van der Waals surface area contributed by atoms with Gasteiger partial charge in [0.2, 0.25) is 5.91 Å². The van der Waals surface area contributed by atoms with Crippen molar-refractivity contribution < 1.29 is 28.9 Å². The highest BCUT2D eigenvalue weighted by molar-refractivity contribution is 5.80. The molecule has 8 heteroatoms. The van der Waals surface area contributed by atoms with E-state index < -0.39 is 24.1 Å². The van der Waals surface area contributed by atoms with E-state index in [2.05, 4.69) is 0 Å². The summed E-state index contributed by atoms with van der Waals surface area (Å²) in [6, 6.07) is 0. The molecule has 2 heterocycles. The molecule has 2 aliphatic rings. The van der Waals surface area contributed by atoms with Crippen molar-refractivity contribution in [2.24, 2.45) is 11.8 Å². The van der Waals surface area contributed by atoms with Gasteiger partial charge in [-0.2, -0.15) is 0 Å². The second-order valence-electron chi connectivity index (χ2n) is 6.77. The van der Waals surface area contributed by atoms with Crippen LogP contribution in [0.25, 0.3) is 0 Å². The minimum atomic E-state index is -1.20. The van der Waals surface area contributed by atoms with E-state index in [9.17, 15) is 14.7 Å². The normalized spacial score (nSPS) is 29.8. The van der Waals surface area contributed by atoms with E-state index in [1.165, 1.54) is 6.92 Å². The van der Waals surface area contributed by atoms with Crippen LogP contribution in [0.3, 0.4) is 0 Å². The van der Waals surface area contributed by atoms with Crippen molar-refractivity contribution in [1.29, 1.82) is 0 Å². The van der Waals surface area contributed by atoms with Crippen molar-refractivity contribution in [2.45, 2.75) is 38.3 Å². The zero-order valence-corrected chi connectivity index (χ0v) is 14.8. The van der Waals surface area contributed by atoms with Crippen LogP contribution in [0.4, 0.5) is 0 Å². The molecule has 24 heavy (non-hydrogen) atoms. The van der Waals surface area contributed by atoms with Gasteiger partial charge in [0, 0.05) is 27.1 Å². The van der Waals surface area contributed by atoms with Crippen LogP contribution in [0.2, 0.25) is 0 Å². The van der Waals surface area contributed by atoms with Gasteiger partial charge in [0.05, 0.1) is 24.0 Å². The van der Waals surface area contributed by atoms with E-state index in [1.54, 1.807) is 11.9 Å². The molecule has 2 fully saturated rings. The number of nitrogens with zero attached hydrogens (tertiary/aromatic N) is 2. The smallest absolute Gasteiger partial charge is 0.304 e. The van der Waals surface area contributed by atoms with Crippen LogP contribution in [0.15, 0.2) is 0 Å². The molecule has 0 aliphatic carbocycles. The van der Waals surface area contributed by atoms with Gasteiger partial charge in [-0.05, 0) is 26.9 Å². The summed E-state index contributed by atoms with van der Waals surface area (Å²) in [5, 5.41) is 10.3. The van der Waals surface area contributed by atoms with Gasteiger partial charge in [0.25, 0.3) is 0 Å². The van der Waals surface area contributed by atoms with Crippen molar-refractivity contribution in [3.8, 4) is 0 Å². The third-order valence-electron chi connectivity index (χ3n) is 4.70. The highest BCUT2D eigenvalue weighted by Crippen LogP contribution is 2.45. The first-order chi connectivity index (χ1) is 11.3. The Labute approximate surface area is 142 Å². The average Bonchev–Trinajstić information content (AvgIpc) is 3.12. The predicted molar refractivity (Wildman–Crippen MR) is 84.8 cm³/mol. The van der Waals surface area contributed by atoms with Gasteiger partial charge in [0.15, 0.2) is 13.1 Å². The fourth-order valence-electron chi connectivity index (χ4n) is 3.41. The van der Waals surface area contributed by atoms with Crippen molar-refractivity contribution in [1.82, 2.24) is 9.80 Å². The topological polar surface area (TPSA) is 88.5 Å². The number of amides is 1. The van der Waals surface area contributed by atoms with Crippen molar-refractivity contribution in [3.63, 3.8) is 0 Å². The molecule has 0 saturated carbocycles. The molecule has 2 rings (SSSR count). The molecule has 0 aromatic heterocycles. The molecular weight excluding hydrogens is 316 g/mol. The summed E-state index contributed by atoms with van der Waals surface area (Å²) in [4.78, 5) is 27.3. The minimum Gasteiger partial charge on any atom is -0.439 e. The van der Waals surface area contributed by atoms with Gasteiger partial charge in [-0.3, -0.25) is 9.59 Å². The summed E-state index contributed by atoms with van der Waals surface area (Å²) in [6.45, 7) is 2.31. The molecule has 5 atom stereocenters. The van der Waals surface area contributed by atoms with Gasteiger partial charge < -0.3 is 29.1 Å². The highest BCUT2D eigenvalue weighted by atomic mass is 16.7. The van der Waals surface area contributed by atoms with Crippen LogP contribution in [0.5, 0.6) is 0 Å². The summed E-state index contributed by atoms with van der Waals surface area (Å²) >= 11 is 0. The molecule has 0 aromatic carbocycles. The second kappa shape index (κ2) is 8.24. The molecule has 8 nitrogen and oxygen atoms in total. The molecule has 138 valence electrons. The average molecular weight is 344 g/mol. The molecule has 1 N–H and O–H groups in total. The third kappa shape index (κ3) is 4.44. The van der Waals surface area contributed by atoms with E-state index in [1.807, 2.05) is 19.0 Å². The summed E-state index contributed by atoms with van der Waals surface area (Å²) in [5.74, 6) is -1.39. The Balaban J connectivity index is 1.98. The van der Waals surface area contributed by atoms with Gasteiger partial charge in [-0.25, -0.2) is 0 Å². The number of carbonyl (C=O) groups excluding carboxylic acids is 2. The number of esters is 1. The number of likely N-dealkylation sites (N-methyl/N-ethyl adjacent to an activating group) is 2. The lowest BCUT2D eigenvalue weighted by atomic mass is 9.78. The Kier molecular flexibility index (Phi) is 6.56. The SMILES string of the molecule is CC(=O)OCOC(O)C1C2CCC(O2)C1C(=O)N(C)CCN(C)C. The first-order valence-corrected chi connectivity index (χ1v) is 8.29. The number of fused-ring (bicyclic) bond motifs is 2. The second-order valence-corrected chi connectivity index (χ2v) is 6.77. The zero-order chi connectivity index (χ0) is 17.9. The minimum absolute atomic E-state index is 0.0378. The molecule has 2 bridgehead atoms. The fourth-order valence-corrected chi connectivity index (χ4v) is 3.41. The Morgan fingerprint density at radius 1 is 1.21 bits per heavy atom. The van der Waals surface area contributed by atoms with Crippen molar-refractivity contribution >= 4 is 11.9 Å². The summed E-state index contributed by atoms with van der Waals surface area (Å²) < 4.78 is 15.7. The molecule has 2 aliphatic heterocycles. The number of hydrogen-bond donors (Lipinski definition) is 1. The van der Waals surface area contributed by atoms with Crippen molar-refractivity contribution in [2.75, 3.05) is 41.0 Å². The molecule has 1 amide bonds. The largest absolute Gasteiger partial charge is 0.439 e. The number of ether oxygens (including phenoxy) is 3. The maximum Gasteiger partial charge on any atom is 0.304 e. The molecular formula is C16H28N2O6. The lowest BCUT2D eigenvalue weighted by Gasteiger charge is -2.33. The van der Waals surface area contributed by atoms with Crippen LogP contribution in [-0.2, 0) is 23.8 Å². The molecule has 0 radical (unpaired) electrons. The highest BCUT2D eigenvalue weighted by Gasteiger charge is 2.55. The van der Waals surface area contributed by atoms with E-state index in [0.29, 0.717) is 6.54 Å². The number of hydrogen-bond acceptors (Lipinski definition) is 7. The third-order valence-corrected chi connectivity index (χ3v) is 4.70. The molecule has 0 aromatic rings. The van der Waals surface area contributed by atoms with Gasteiger partial charge in [0.1, 0.15) is 0 Å². The van der Waals surface area contributed by atoms with E-state index in [0.717, 1.165) is 19.4 Å². The molecule has 0 spiro atoms. The number of aliphatic hydroxyl groups is 1. The standard InChI is InChI=1S/C16H28N2O6/c1-10(19)22-9-23-16(21)14-12-6-5-11(24-12)13(14)15(20)18(4)8-7-17(2)3/h11-14,16,21H,5-9H2,1-4H3. The summed E-state index contributed by atoms with van der Waals surface area (Å²) in [6.07, 6.45) is 0.0419. The van der Waals surface area contributed by atoms with Crippen LogP contribution in [0, 0.1) is 11.8 Å². The van der Waals surface area contributed by atoms with Gasteiger partial charge in [-0.15, -0.1) is 0 Å². The van der Waals surface area contributed by atoms with E-state index in [-0.39, 0.29) is 24.9 Å². The van der Waals surface area contributed by atoms with E-state index >= 15 is 0 Å². The van der Waals surface area contributed by atoms with Crippen LogP contribution in [-0.4, -0.2) is 86.3 Å².